The minimum atomic E-state index is -0.259. The van der Waals surface area contributed by atoms with E-state index in [1.165, 1.54) is 20.0 Å². The molecule has 1 heterocycles. The van der Waals surface area contributed by atoms with Crippen molar-refractivity contribution < 1.29 is 9.53 Å². The molecule has 2 rings (SSSR count). The first-order chi connectivity index (χ1) is 7.74. The Hall–Kier alpha value is -0.780. The van der Waals surface area contributed by atoms with Crippen LogP contribution in [-0.2, 0) is 4.74 Å². The number of rotatable bonds is 2. The van der Waals surface area contributed by atoms with Gasteiger partial charge in [0, 0.05) is 13.1 Å². The Kier molecular flexibility index (Phi) is 3.68. The van der Waals surface area contributed by atoms with Gasteiger partial charge in [-0.15, -0.1) is 0 Å². The number of esters is 1. The molecule has 0 spiro atoms. The molecule has 4 heteroatoms. The first-order valence-electron chi connectivity index (χ1n) is 5.36. The molecule has 86 valence electrons. The average molecular weight is 331 g/mol. The highest BCUT2D eigenvalue weighted by molar-refractivity contribution is 14.1. The summed E-state index contributed by atoms with van der Waals surface area (Å²) in [5, 5.41) is 0. The Morgan fingerprint density at radius 3 is 2.69 bits per heavy atom. The van der Waals surface area contributed by atoms with E-state index in [-0.39, 0.29) is 5.97 Å². The molecule has 1 aromatic rings. The Bertz CT molecular complexity index is 400. The fourth-order valence-corrected chi connectivity index (χ4v) is 2.91. The number of hydrogen-bond donors (Lipinski definition) is 0. The standard InChI is InChI=1S/C12H14INO2/c1-16-12(15)9-5-4-6-10(11(9)13)14-7-2-3-8-14/h4-6H,2-3,7-8H2,1H3. The van der Waals surface area contributed by atoms with Crippen molar-refractivity contribution in [2.75, 3.05) is 25.1 Å². The molecule has 0 radical (unpaired) electrons. The van der Waals surface area contributed by atoms with Crippen LogP contribution in [0.5, 0.6) is 0 Å². The molecule has 0 unspecified atom stereocenters. The third-order valence-corrected chi connectivity index (χ3v) is 3.96. The molecule has 0 bridgehead atoms. The maximum atomic E-state index is 11.6. The molecule has 0 N–H and O–H groups in total. The largest absolute Gasteiger partial charge is 0.465 e. The fourth-order valence-electron chi connectivity index (χ4n) is 1.99. The van der Waals surface area contributed by atoms with Crippen molar-refractivity contribution in [3.63, 3.8) is 0 Å². The van der Waals surface area contributed by atoms with Crippen molar-refractivity contribution >= 4 is 34.2 Å². The third-order valence-electron chi connectivity index (χ3n) is 2.83. The number of carbonyl (C=O) groups excluding carboxylic acids is 1. The van der Waals surface area contributed by atoms with Crippen molar-refractivity contribution in [2.24, 2.45) is 0 Å². The van der Waals surface area contributed by atoms with Gasteiger partial charge in [0.05, 0.1) is 21.9 Å². The van der Waals surface area contributed by atoms with E-state index in [0.29, 0.717) is 5.56 Å². The maximum Gasteiger partial charge on any atom is 0.339 e. The minimum Gasteiger partial charge on any atom is -0.465 e. The molecule has 1 aliphatic rings. The molecule has 0 aromatic heterocycles. The second-order valence-corrected chi connectivity index (χ2v) is 4.90. The van der Waals surface area contributed by atoms with Gasteiger partial charge in [0.1, 0.15) is 0 Å². The number of benzene rings is 1. The van der Waals surface area contributed by atoms with Gasteiger partial charge in [-0.3, -0.25) is 0 Å². The summed E-state index contributed by atoms with van der Waals surface area (Å²) in [5.74, 6) is -0.259. The van der Waals surface area contributed by atoms with Gasteiger partial charge in [0.25, 0.3) is 0 Å². The second-order valence-electron chi connectivity index (χ2n) is 3.82. The fraction of sp³-hybridized carbons (Fsp3) is 0.417. The molecule has 1 aromatic carbocycles. The molecular formula is C12H14INO2. The molecule has 1 aliphatic heterocycles. The van der Waals surface area contributed by atoms with Gasteiger partial charge in [-0.05, 0) is 47.6 Å². The van der Waals surface area contributed by atoms with E-state index in [2.05, 4.69) is 33.6 Å². The summed E-state index contributed by atoms with van der Waals surface area (Å²) in [6.45, 7) is 2.17. The third kappa shape index (κ3) is 2.16. The second kappa shape index (κ2) is 5.03. The zero-order chi connectivity index (χ0) is 11.5. The van der Waals surface area contributed by atoms with Crippen LogP contribution in [0.25, 0.3) is 0 Å². The van der Waals surface area contributed by atoms with Crippen molar-refractivity contribution in [1.29, 1.82) is 0 Å². The van der Waals surface area contributed by atoms with Crippen LogP contribution in [0.3, 0.4) is 0 Å². The number of halogens is 1. The monoisotopic (exact) mass is 331 g/mol. The molecule has 0 amide bonds. The Morgan fingerprint density at radius 2 is 2.06 bits per heavy atom. The van der Waals surface area contributed by atoms with E-state index in [1.807, 2.05) is 12.1 Å². The predicted octanol–water partition coefficient (Wildman–Crippen LogP) is 2.68. The Labute approximate surface area is 109 Å². The highest BCUT2D eigenvalue weighted by atomic mass is 127. The molecule has 16 heavy (non-hydrogen) atoms. The van der Waals surface area contributed by atoms with Crippen molar-refractivity contribution in [1.82, 2.24) is 0 Å². The normalized spacial score (nSPS) is 15.2. The van der Waals surface area contributed by atoms with Crippen molar-refractivity contribution in [2.45, 2.75) is 12.8 Å². The smallest absolute Gasteiger partial charge is 0.339 e. The average Bonchev–Trinajstić information content (AvgIpc) is 2.82. The maximum absolute atomic E-state index is 11.6. The lowest BCUT2D eigenvalue weighted by molar-refractivity contribution is 0.0599. The van der Waals surface area contributed by atoms with Crippen molar-refractivity contribution in [3.05, 3.63) is 27.3 Å². The van der Waals surface area contributed by atoms with E-state index < -0.39 is 0 Å². The lowest BCUT2D eigenvalue weighted by atomic mass is 10.2. The zero-order valence-corrected chi connectivity index (χ0v) is 11.4. The predicted molar refractivity (Wildman–Crippen MR) is 71.9 cm³/mol. The van der Waals surface area contributed by atoms with Gasteiger partial charge in [-0.1, -0.05) is 6.07 Å². The first kappa shape index (κ1) is 11.7. The highest BCUT2D eigenvalue weighted by Gasteiger charge is 2.19. The number of methoxy groups -OCH3 is 1. The quantitative estimate of drug-likeness (QED) is 0.616. The van der Waals surface area contributed by atoms with Gasteiger partial charge in [-0.2, -0.15) is 0 Å². The number of anilines is 1. The van der Waals surface area contributed by atoms with Gasteiger partial charge in [0.15, 0.2) is 0 Å². The van der Waals surface area contributed by atoms with Crippen molar-refractivity contribution in [3.8, 4) is 0 Å². The van der Waals surface area contributed by atoms with E-state index in [9.17, 15) is 4.79 Å². The summed E-state index contributed by atoms with van der Waals surface area (Å²) >= 11 is 2.23. The van der Waals surface area contributed by atoms with Crippen LogP contribution in [0, 0.1) is 3.57 Å². The summed E-state index contributed by atoms with van der Waals surface area (Å²) in [6, 6.07) is 5.80. The van der Waals surface area contributed by atoms with Crippen LogP contribution in [0.15, 0.2) is 18.2 Å². The summed E-state index contributed by atoms with van der Waals surface area (Å²) in [6.07, 6.45) is 2.47. The minimum absolute atomic E-state index is 0.259. The van der Waals surface area contributed by atoms with Crippen LogP contribution in [0.1, 0.15) is 23.2 Å². The lowest BCUT2D eigenvalue weighted by Gasteiger charge is -2.20. The number of nitrogens with zero attached hydrogens (tertiary/aromatic N) is 1. The molecule has 0 saturated carbocycles. The Morgan fingerprint density at radius 1 is 1.38 bits per heavy atom. The summed E-state index contributed by atoms with van der Waals surface area (Å²) in [7, 11) is 1.42. The van der Waals surface area contributed by atoms with Crippen LogP contribution in [0.2, 0.25) is 0 Å². The van der Waals surface area contributed by atoms with E-state index >= 15 is 0 Å². The van der Waals surface area contributed by atoms with E-state index in [4.69, 9.17) is 4.74 Å². The van der Waals surface area contributed by atoms with Crippen LogP contribution in [0.4, 0.5) is 5.69 Å². The molecule has 1 fully saturated rings. The first-order valence-corrected chi connectivity index (χ1v) is 6.43. The van der Waals surface area contributed by atoms with Crippen LogP contribution >= 0.6 is 22.6 Å². The zero-order valence-electron chi connectivity index (χ0n) is 9.20. The van der Waals surface area contributed by atoms with Gasteiger partial charge in [0.2, 0.25) is 0 Å². The number of ether oxygens (including phenoxy) is 1. The van der Waals surface area contributed by atoms with Gasteiger partial charge < -0.3 is 9.64 Å². The molecule has 0 atom stereocenters. The number of carbonyl (C=O) groups is 1. The molecular weight excluding hydrogens is 317 g/mol. The summed E-state index contributed by atoms with van der Waals surface area (Å²) in [5.41, 5.74) is 1.81. The lowest BCUT2D eigenvalue weighted by Crippen LogP contribution is -2.20. The summed E-state index contributed by atoms with van der Waals surface area (Å²) in [4.78, 5) is 13.9. The van der Waals surface area contributed by atoms with Gasteiger partial charge >= 0.3 is 5.97 Å². The highest BCUT2D eigenvalue weighted by Crippen LogP contribution is 2.28. The molecule has 0 aliphatic carbocycles. The Balaban J connectivity index is 2.35. The van der Waals surface area contributed by atoms with Crippen LogP contribution in [-0.4, -0.2) is 26.2 Å². The van der Waals surface area contributed by atoms with Crippen LogP contribution < -0.4 is 4.90 Å². The molecule has 3 nitrogen and oxygen atoms in total. The van der Waals surface area contributed by atoms with Gasteiger partial charge in [-0.25, -0.2) is 4.79 Å². The SMILES string of the molecule is COC(=O)c1cccc(N2CCCC2)c1I. The summed E-state index contributed by atoms with van der Waals surface area (Å²) < 4.78 is 5.77. The topological polar surface area (TPSA) is 29.5 Å². The van der Waals surface area contributed by atoms with E-state index in [1.54, 1.807) is 0 Å². The van der Waals surface area contributed by atoms with E-state index in [0.717, 1.165) is 22.3 Å². The molecule has 1 saturated heterocycles. The number of hydrogen-bond acceptors (Lipinski definition) is 3.